The molecule has 1 N–H and O–H groups in total. The van der Waals surface area contributed by atoms with Gasteiger partial charge >= 0.3 is 0 Å². The topological polar surface area (TPSA) is 71.2 Å². The molecule has 7 heteroatoms. The lowest BCUT2D eigenvalue weighted by Gasteiger charge is -2.11. The van der Waals surface area contributed by atoms with Crippen molar-refractivity contribution in [3.8, 4) is 0 Å². The summed E-state index contributed by atoms with van der Waals surface area (Å²) in [4.78, 5) is 6.79. The van der Waals surface area contributed by atoms with E-state index in [1.54, 1.807) is 6.21 Å². The number of para-hydroxylation sites is 1. The van der Waals surface area contributed by atoms with Gasteiger partial charge in [-0.1, -0.05) is 60.7 Å². The summed E-state index contributed by atoms with van der Waals surface area (Å²) in [5.74, 6) is 0.357. The van der Waals surface area contributed by atoms with Crippen LogP contribution < -0.4 is 10.3 Å². The normalized spacial score (nSPS) is 11.4. The number of anilines is 2. The lowest BCUT2D eigenvalue weighted by molar-refractivity contribution is 0.848. The van der Waals surface area contributed by atoms with Crippen molar-refractivity contribution in [2.45, 2.75) is 6.54 Å². The molecular weight excluding hydrogens is 398 g/mol. The van der Waals surface area contributed by atoms with Crippen LogP contribution in [0.1, 0.15) is 11.1 Å². The molecule has 0 aliphatic heterocycles. The molecule has 32 heavy (non-hydrogen) atoms. The van der Waals surface area contributed by atoms with Crippen molar-refractivity contribution in [1.29, 1.82) is 0 Å². The van der Waals surface area contributed by atoms with Crippen LogP contribution in [-0.2, 0) is 6.54 Å². The van der Waals surface area contributed by atoms with E-state index < -0.39 is 0 Å². The van der Waals surface area contributed by atoms with Crippen molar-refractivity contribution in [3.05, 3.63) is 90.0 Å². The first-order chi connectivity index (χ1) is 15.7. The van der Waals surface area contributed by atoms with E-state index in [1.807, 2.05) is 68.7 Å². The predicted molar refractivity (Wildman–Crippen MR) is 130 cm³/mol. The summed E-state index contributed by atoms with van der Waals surface area (Å²) in [5, 5.41) is 14.0. The van der Waals surface area contributed by atoms with Gasteiger partial charge in [-0.05, 0) is 29.3 Å². The number of hydrazone groups is 1. The Morgan fingerprint density at radius 1 is 0.906 bits per heavy atom. The van der Waals surface area contributed by atoms with E-state index in [4.69, 9.17) is 4.98 Å². The molecule has 0 atom stereocenters. The van der Waals surface area contributed by atoms with Crippen LogP contribution in [0.15, 0.2) is 84.0 Å². The quantitative estimate of drug-likeness (QED) is 0.322. The van der Waals surface area contributed by atoms with Gasteiger partial charge in [-0.15, -0.1) is 10.2 Å². The van der Waals surface area contributed by atoms with Crippen LogP contribution in [0.2, 0.25) is 0 Å². The van der Waals surface area contributed by atoms with E-state index in [0.717, 1.165) is 33.3 Å². The van der Waals surface area contributed by atoms with Gasteiger partial charge in [0.25, 0.3) is 5.95 Å². The number of hydrogen-bond donors (Lipinski definition) is 1. The second kappa shape index (κ2) is 8.47. The number of nitrogens with zero attached hydrogens (tertiary/aromatic N) is 6. The zero-order valence-electron chi connectivity index (χ0n) is 18.0. The van der Waals surface area contributed by atoms with E-state index in [2.05, 4.69) is 54.5 Å². The van der Waals surface area contributed by atoms with Gasteiger partial charge in [-0.2, -0.15) is 10.1 Å². The van der Waals surface area contributed by atoms with Crippen molar-refractivity contribution in [2.24, 2.45) is 5.10 Å². The molecule has 0 aliphatic rings. The zero-order chi connectivity index (χ0) is 21.9. The van der Waals surface area contributed by atoms with Crippen molar-refractivity contribution in [1.82, 2.24) is 19.7 Å². The molecule has 2 heterocycles. The average Bonchev–Trinajstić information content (AvgIpc) is 3.13. The molecule has 0 saturated carbocycles. The van der Waals surface area contributed by atoms with Crippen LogP contribution in [0.4, 0.5) is 11.6 Å². The molecule has 0 saturated heterocycles. The van der Waals surface area contributed by atoms with E-state index in [0.29, 0.717) is 12.5 Å². The number of hydrogen-bond acceptors (Lipinski definition) is 6. The summed E-state index contributed by atoms with van der Waals surface area (Å²) in [6, 6.07) is 26.6. The SMILES string of the molecule is CN(C)c1ccc(/C=N/Nc2nnc3c4ccccc4n(Cc4ccccc4)c3n2)cc1. The second-order valence-electron chi connectivity index (χ2n) is 7.75. The highest BCUT2D eigenvalue weighted by atomic mass is 15.4. The molecule has 2 aromatic heterocycles. The lowest BCUT2D eigenvalue weighted by atomic mass is 10.2. The smallest absolute Gasteiger partial charge is 0.265 e. The Balaban J connectivity index is 1.46. The summed E-state index contributed by atoms with van der Waals surface area (Å²) in [6.07, 6.45) is 1.74. The molecule has 0 bridgehead atoms. The molecule has 0 aliphatic carbocycles. The Morgan fingerprint density at radius 3 is 2.44 bits per heavy atom. The Labute approximate surface area is 186 Å². The first-order valence-corrected chi connectivity index (χ1v) is 10.4. The highest BCUT2D eigenvalue weighted by molar-refractivity contribution is 6.04. The molecule has 0 unspecified atom stereocenters. The second-order valence-corrected chi connectivity index (χ2v) is 7.75. The minimum Gasteiger partial charge on any atom is -0.378 e. The van der Waals surface area contributed by atoms with E-state index in [9.17, 15) is 0 Å². The van der Waals surface area contributed by atoms with Crippen LogP contribution in [-0.4, -0.2) is 40.1 Å². The summed E-state index contributed by atoms with van der Waals surface area (Å²) < 4.78 is 2.17. The third-order valence-corrected chi connectivity index (χ3v) is 5.35. The molecule has 0 amide bonds. The molecule has 0 radical (unpaired) electrons. The van der Waals surface area contributed by atoms with Crippen LogP contribution in [0, 0.1) is 0 Å². The van der Waals surface area contributed by atoms with Crippen molar-refractivity contribution >= 4 is 39.9 Å². The van der Waals surface area contributed by atoms with E-state index in [-0.39, 0.29) is 0 Å². The largest absolute Gasteiger partial charge is 0.378 e. The fraction of sp³-hybridized carbons (Fsp3) is 0.120. The summed E-state index contributed by atoms with van der Waals surface area (Å²) >= 11 is 0. The van der Waals surface area contributed by atoms with Gasteiger partial charge in [0.15, 0.2) is 5.65 Å². The summed E-state index contributed by atoms with van der Waals surface area (Å²) in [5.41, 5.74) is 8.87. The summed E-state index contributed by atoms with van der Waals surface area (Å²) in [6.45, 7) is 0.699. The number of fused-ring (bicyclic) bond motifs is 3. The molecule has 5 rings (SSSR count). The van der Waals surface area contributed by atoms with Crippen LogP contribution in [0.25, 0.3) is 22.1 Å². The Hall–Kier alpha value is -4.26. The number of aromatic nitrogens is 4. The molecular formula is C25H23N7. The summed E-state index contributed by atoms with van der Waals surface area (Å²) in [7, 11) is 4.03. The van der Waals surface area contributed by atoms with Gasteiger partial charge in [-0.25, -0.2) is 5.43 Å². The third-order valence-electron chi connectivity index (χ3n) is 5.35. The molecule has 3 aromatic carbocycles. The van der Waals surface area contributed by atoms with Crippen molar-refractivity contribution in [2.75, 3.05) is 24.4 Å². The van der Waals surface area contributed by atoms with Crippen LogP contribution in [0.5, 0.6) is 0 Å². The van der Waals surface area contributed by atoms with Gasteiger partial charge in [0.1, 0.15) is 5.52 Å². The number of benzene rings is 3. The highest BCUT2D eigenvalue weighted by Gasteiger charge is 2.14. The maximum absolute atomic E-state index is 4.73. The van der Waals surface area contributed by atoms with Gasteiger partial charge in [0.05, 0.1) is 11.7 Å². The Bertz CT molecular complexity index is 1390. The highest BCUT2D eigenvalue weighted by Crippen LogP contribution is 2.27. The fourth-order valence-corrected chi connectivity index (χ4v) is 3.70. The lowest BCUT2D eigenvalue weighted by Crippen LogP contribution is -2.08. The van der Waals surface area contributed by atoms with Gasteiger partial charge in [0.2, 0.25) is 0 Å². The van der Waals surface area contributed by atoms with Crippen LogP contribution >= 0.6 is 0 Å². The zero-order valence-corrected chi connectivity index (χ0v) is 18.0. The van der Waals surface area contributed by atoms with Crippen molar-refractivity contribution < 1.29 is 0 Å². The Morgan fingerprint density at radius 2 is 1.66 bits per heavy atom. The molecule has 5 aromatic rings. The monoisotopic (exact) mass is 421 g/mol. The number of rotatable bonds is 6. The maximum atomic E-state index is 4.73. The van der Waals surface area contributed by atoms with E-state index in [1.165, 1.54) is 5.56 Å². The van der Waals surface area contributed by atoms with Gasteiger partial charge < -0.3 is 9.47 Å². The van der Waals surface area contributed by atoms with Gasteiger partial charge in [-0.3, -0.25) is 0 Å². The van der Waals surface area contributed by atoms with E-state index >= 15 is 0 Å². The van der Waals surface area contributed by atoms with Crippen molar-refractivity contribution in [3.63, 3.8) is 0 Å². The first kappa shape index (κ1) is 19.7. The minimum absolute atomic E-state index is 0.357. The Kier molecular flexibility index (Phi) is 5.21. The number of nitrogens with one attached hydrogen (secondary N) is 1. The maximum Gasteiger partial charge on any atom is 0.265 e. The average molecular weight is 422 g/mol. The first-order valence-electron chi connectivity index (χ1n) is 10.4. The van der Waals surface area contributed by atoms with Crippen LogP contribution in [0.3, 0.4) is 0 Å². The predicted octanol–water partition coefficient (Wildman–Crippen LogP) is 4.54. The molecule has 7 nitrogen and oxygen atoms in total. The fourth-order valence-electron chi connectivity index (χ4n) is 3.70. The minimum atomic E-state index is 0.357. The molecule has 0 fully saturated rings. The standard InChI is InChI=1S/C25H23N7/c1-31(2)20-14-12-18(13-15-20)16-26-29-25-27-24-23(28-30-25)21-10-6-7-11-22(21)32(24)17-19-8-4-3-5-9-19/h3-16H,17H2,1-2H3,(H,27,29,30)/b26-16+. The molecule has 0 spiro atoms. The third kappa shape index (κ3) is 3.88. The molecule has 158 valence electrons. The van der Waals surface area contributed by atoms with Gasteiger partial charge in [0, 0.05) is 31.7 Å².